The molecular formula is C15H21N3O2. The van der Waals surface area contributed by atoms with Crippen molar-refractivity contribution in [2.45, 2.75) is 0 Å². The van der Waals surface area contributed by atoms with Gasteiger partial charge in [0.15, 0.2) is 0 Å². The maximum atomic E-state index is 12.0. The van der Waals surface area contributed by atoms with E-state index < -0.39 is 0 Å². The van der Waals surface area contributed by atoms with Gasteiger partial charge in [0.25, 0.3) is 0 Å². The van der Waals surface area contributed by atoms with Crippen molar-refractivity contribution in [1.29, 1.82) is 0 Å². The molecule has 0 aliphatic carbocycles. The number of amides is 1. The van der Waals surface area contributed by atoms with Crippen LogP contribution in [0.3, 0.4) is 0 Å². The highest BCUT2D eigenvalue weighted by Gasteiger charge is 2.21. The lowest BCUT2D eigenvalue weighted by molar-refractivity contribution is -0.132. The number of piperazine rings is 1. The molecule has 0 radical (unpaired) electrons. The lowest BCUT2D eigenvalue weighted by atomic mass is 10.2. The minimum Gasteiger partial charge on any atom is -0.368 e. The van der Waals surface area contributed by atoms with Crippen LogP contribution in [0.5, 0.6) is 0 Å². The van der Waals surface area contributed by atoms with Gasteiger partial charge in [0, 0.05) is 37.4 Å². The van der Waals surface area contributed by atoms with E-state index in [0.29, 0.717) is 12.1 Å². The molecule has 0 bridgehead atoms. The molecule has 0 saturated carbocycles. The fourth-order valence-corrected chi connectivity index (χ4v) is 2.38. The fraction of sp³-hybridized carbons (Fsp3) is 0.467. The standard InChI is InChI=1S/C15H21N3O2/c1-16(2)11-15(20)18-8-6-17(7-9-18)14-5-3-4-13(10-14)12-19/h3-5,10,12H,6-9,11H2,1-2H3. The molecule has 1 aromatic carbocycles. The SMILES string of the molecule is CN(C)CC(=O)N1CCN(c2cccc(C=O)c2)CC1. The molecule has 1 saturated heterocycles. The van der Waals surface area contributed by atoms with Gasteiger partial charge in [-0.25, -0.2) is 0 Å². The molecule has 2 rings (SSSR count). The van der Waals surface area contributed by atoms with Crippen molar-refractivity contribution in [3.8, 4) is 0 Å². The van der Waals surface area contributed by atoms with E-state index in [4.69, 9.17) is 0 Å². The number of anilines is 1. The summed E-state index contributed by atoms with van der Waals surface area (Å²) in [6.07, 6.45) is 0.861. The van der Waals surface area contributed by atoms with Gasteiger partial charge in [-0.05, 0) is 26.2 Å². The minimum absolute atomic E-state index is 0.177. The number of carbonyl (C=O) groups excluding carboxylic acids is 2. The summed E-state index contributed by atoms with van der Waals surface area (Å²) in [4.78, 5) is 28.8. The predicted molar refractivity (Wildman–Crippen MR) is 79.2 cm³/mol. The molecule has 0 spiro atoms. The molecule has 0 atom stereocenters. The summed E-state index contributed by atoms with van der Waals surface area (Å²) < 4.78 is 0. The third-order valence-electron chi connectivity index (χ3n) is 3.46. The van der Waals surface area contributed by atoms with Crippen LogP contribution in [0.15, 0.2) is 24.3 Å². The number of aldehydes is 1. The van der Waals surface area contributed by atoms with E-state index >= 15 is 0 Å². The first-order chi connectivity index (χ1) is 9.60. The van der Waals surface area contributed by atoms with Crippen LogP contribution in [0, 0.1) is 0 Å². The lowest BCUT2D eigenvalue weighted by Crippen LogP contribution is -2.50. The van der Waals surface area contributed by atoms with Gasteiger partial charge in [-0.3, -0.25) is 9.59 Å². The topological polar surface area (TPSA) is 43.9 Å². The summed E-state index contributed by atoms with van der Waals surface area (Å²) in [7, 11) is 3.80. The van der Waals surface area contributed by atoms with Crippen LogP contribution in [0.1, 0.15) is 10.4 Å². The van der Waals surface area contributed by atoms with Crippen molar-refractivity contribution in [1.82, 2.24) is 9.80 Å². The van der Waals surface area contributed by atoms with Gasteiger partial charge in [-0.1, -0.05) is 12.1 Å². The Hall–Kier alpha value is -1.88. The Morgan fingerprint density at radius 3 is 2.55 bits per heavy atom. The van der Waals surface area contributed by atoms with Crippen molar-refractivity contribution in [2.24, 2.45) is 0 Å². The first-order valence-corrected chi connectivity index (χ1v) is 6.83. The van der Waals surface area contributed by atoms with E-state index in [1.54, 1.807) is 6.07 Å². The molecule has 1 aromatic rings. The summed E-state index contributed by atoms with van der Waals surface area (Å²) >= 11 is 0. The molecule has 0 unspecified atom stereocenters. The van der Waals surface area contributed by atoms with Crippen LogP contribution >= 0.6 is 0 Å². The zero-order valence-electron chi connectivity index (χ0n) is 12.1. The summed E-state index contributed by atoms with van der Waals surface area (Å²) in [6, 6.07) is 7.59. The predicted octanol–water partition coefficient (Wildman–Crippen LogP) is 0.709. The van der Waals surface area contributed by atoms with Crippen LogP contribution in [0.4, 0.5) is 5.69 Å². The number of likely N-dealkylation sites (N-methyl/N-ethyl adjacent to an activating group) is 1. The van der Waals surface area contributed by atoms with Gasteiger partial charge in [0.1, 0.15) is 6.29 Å². The van der Waals surface area contributed by atoms with E-state index in [2.05, 4.69) is 4.90 Å². The van der Waals surface area contributed by atoms with Crippen molar-refractivity contribution in [3.05, 3.63) is 29.8 Å². The smallest absolute Gasteiger partial charge is 0.236 e. The number of hydrogen-bond donors (Lipinski definition) is 0. The molecule has 1 aliphatic heterocycles. The van der Waals surface area contributed by atoms with Crippen molar-refractivity contribution >= 4 is 17.9 Å². The van der Waals surface area contributed by atoms with E-state index in [1.165, 1.54) is 0 Å². The monoisotopic (exact) mass is 275 g/mol. The Kier molecular flexibility index (Phi) is 4.74. The molecule has 1 aliphatic rings. The molecule has 1 heterocycles. The van der Waals surface area contributed by atoms with Crippen molar-refractivity contribution in [3.63, 3.8) is 0 Å². The summed E-state index contributed by atoms with van der Waals surface area (Å²) in [6.45, 7) is 3.54. The summed E-state index contributed by atoms with van der Waals surface area (Å²) in [5.74, 6) is 0.177. The fourth-order valence-electron chi connectivity index (χ4n) is 2.38. The van der Waals surface area contributed by atoms with Gasteiger partial charge in [-0.2, -0.15) is 0 Å². The molecule has 20 heavy (non-hydrogen) atoms. The zero-order chi connectivity index (χ0) is 14.5. The van der Waals surface area contributed by atoms with Crippen LogP contribution in [-0.2, 0) is 4.79 Å². The molecule has 0 N–H and O–H groups in total. The van der Waals surface area contributed by atoms with Crippen LogP contribution < -0.4 is 4.90 Å². The lowest BCUT2D eigenvalue weighted by Gasteiger charge is -2.36. The zero-order valence-corrected chi connectivity index (χ0v) is 12.1. The number of nitrogens with zero attached hydrogens (tertiary/aromatic N) is 3. The molecule has 1 fully saturated rings. The van der Waals surface area contributed by atoms with Crippen LogP contribution in [0.2, 0.25) is 0 Å². The van der Waals surface area contributed by atoms with E-state index in [1.807, 2.05) is 42.1 Å². The molecular weight excluding hydrogens is 254 g/mol. The average Bonchev–Trinajstić information content (AvgIpc) is 2.47. The highest BCUT2D eigenvalue weighted by Crippen LogP contribution is 2.17. The molecule has 0 aromatic heterocycles. The maximum absolute atomic E-state index is 12.0. The van der Waals surface area contributed by atoms with E-state index in [9.17, 15) is 9.59 Å². The second-order valence-electron chi connectivity index (χ2n) is 5.32. The Morgan fingerprint density at radius 1 is 1.25 bits per heavy atom. The van der Waals surface area contributed by atoms with Gasteiger partial charge in [0.05, 0.1) is 6.54 Å². The van der Waals surface area contributed by atoms with Gasteiger partial charge < -0.3 is 14.7 Å². The van der Waals surface area contributed by atoms with Gasteiger partial charge in [-0.15, -0.1) is 0 Å². The summed E-state index contributed by atoms with van der Waals surface area (Å²) in [5, 5.41) is 0. The van der Waals surface area contributed by atoms with E-state index in [-0.39, 0.29) is 5.91 Å². The Morgan fingerprint density at radius 2 is 1.95 bits per heavy atom. The first kappa shape index (κ1) is 14.5. The number of rotatable bonds is 4. The van der Waals surface area contributed by atoms with E-state index in [0.717, 1.165) is 38.2 Å². The highest BCUT2D eigenvalue weighted by atomic mass is 16.2. The molecule has 108 valence electrons. The number of carbonyl (C=O) groups is 2. The van der Waals surface area contributed by atoms with Crippen molar-refractivity contribution < 1.29 is 9.59 Å². The third kappa shape index (κ3) is 3.57. The second kappa shape index (κ2) is 6.52. The maximum Gasteiger partial charge on any atom is 0.236 e. The Balaban J connectivity index is 1.93. The summed E-state index contributed by atoms with van der Waals surface area (Å²) in [5.41, 5.74) is 1.74. The molecule has 5 nitrogen and oxygen atoms in total. The first-order valence-electron chi connectivity index (χ1n) is 6.83. The van der Waals surface area contributed by atoms with Crippen molar-refractivity contribution in [2.75, 3.05) is 51.7 Å². The minimum atomic E-state index is 0.177. The van der Waals surface area contributed by atoms with Crippen LogP contribution in [-0.4, -0.2) is 68.8 Å². The molecule has 5 heteroatoms. The second-order valence-corrected chi connectivity index (χ2v) is 5.32. The quantitative estimate of drug-likeness (QED) is 0.759. The Labute approximate surface area is 119 Å². The normalized spacial score (nSPS) is 15.6. The van der Waals surface area contributed by atoms with Gasteiger partial charge >= 0.3 is 0 Å². The third-order valence-corrected chi connectivity index (χ3v) is 3.46. The van der Waals surface area contributed by atoms with Crippen LogP contribution in [0.25, 0.3) is 0 Å². The van der Waals surface area contributed by atoms with Gasteiger partial charge in [0.2, 0.25) is 5.91 Å². The largest absolute Gasteiger partial charge is 0.368 e. The molecule has 1 amide bonds. The number of benzene rings is 1. The average molecular weight is 275 g/mol. The highest BCUT2D eigenvalue weighted by molar-refractivity contribution is 5.79. The number of hydrogen-bond acceptors (Lipinski definition) is 4. The Bertz CT molecular complexity index is 480.